The number of rotatable bonds is 5. The number of hydrogen-bond donors (Lipinski definition) is 0. The third-order valence-electron chi connectivity index (χ3n) is 3.35. The predicted octanol–water partition coefficient (Wildman–Crippen LogP) is 2.16. The number of Topliss-reactive ketones (excluding diaryl/α,β-unsaturated/α-hetero) is 2. The number of carbonyl (C=O) groups is 3. The second-order valence-electron chi connectivity index (χ2n) is 4.82. The lowest BCUT2D eigenvalue weighted by atomic mass is 9.96. The van der Waals surface area contributed by atoms with E-state index in [0.717, 1.165) is 0 Å². The van der Waals surface area contributed by atoms with Gasteiger partial charge in [0.15, 0.2) is 6.29 Å². The molecule has 0 radical (unpaired) electrons. The highest BCUT2D eigenvalue weighted by Gasteiger charge is 2.24. The third kappa shape index (κ3) is 2.85. The van der Waals surface area contributed by atoms with Gasteiger partial charge in [-0.25, -0.2) is 0 Å². The minimum atomic E-state index is -1.12. The molecule has 0 saturated heterocycles. The second kappa shape index (κ2) is 6.70. The molecule has 0 aliphatic carbocycles. The van der Waals surface area contributed by atoms with E-state index in [-0.39, 0.29) is 11.8 Å². The molecule has 0 atom stereocenters. The van der Waals surface area contributed by atoms with Crippen molar-refractivity contribution in [2.45, 2.75) is 0 Å². The van der Waals surface area contributed by atoms with Gasteiger partial charge < -0.3 is 0 Å². The molecular weight excluding hydrogens is 306 g/mol. The summed E-state index contributed by atoms with van der Waals surface area (Å²) >= 11 is 0. The molecule has 0 aromatic carbocycles. The van der Waals surface area contributed by atoms with Crippen LogP contribution in [0.1, 0.15) is 10.4 Å². The van der Waals surface area contributed by atoms with Gasteiger partial charge in [0.1, 0.15) is 0 Å². The Bertz CT molecular complexity index is 909. The number of aldehydes is 1. The molecule has 0 unspecified atom stereocenters. The summed E-state index contributed by atoms with van der Waals surface area (Å²) in [6, 6.07) is 11.9. The molecule has 0 N–H and O–H groups in total. The Hall–Kier alpha value is -3.54. The molecule has 0 saturated carbocycles. The van der Waals surface area contributed by atoms with Crippen LogP contribution in [0.5, 0.6) is 0 Å². The lowest BCUT2D eigenvalue weighted by Crippen LogP contribution is -2.17. The number of nitrogens with zero attached hydrogens (tertiary/aromatic N) is 3. The van der Waals surface area contributed by atoms with Crippen LogP contribution in [0.4, 0.5) is 0 Å². The van der Waals surface area contributed by atoms with Crippen molar-refractivity contribution in [2.24, 2.45) is 0 Å². The zero-order valence-electron chi connectivity index (χ0n) is 12.4. The Balaban J connectivity index is 2.30. The fourth-order valence-corrected chi connectivity index (χ4v) is 2.30. The average Bonchev–Trinajstić information content (AvgIpc) is 2.67. The van der Waals surface area contributed by atoms with Gasteiger partial charge in [-0.05, 0) is 30.3 Å². The molecule has 3 aromatic heterocycles. The van der Waals surface area contributed by atoms with Crippen LogP contribution >= 0.6 is 0 Å². The molecular formula is C18H11N3O3. The van der Waals surface area contributed by atoms with Gasteiger partial charge in [-0.1, -0.05) is 12.1 Å². The van der Waals surface area contributed by atoms with Crippen LogP contribution in [-0.2, 0) is 9.59 Å². The highest BCUT2D eigenvalue weighted by atomic mass is 16.2. The largest absolute Gasteiger partial charge is 0.294 e. The Labute approximate surface area is 137 Å². The third-order valence-corrected chi connectivity index (χ3v) is 3.35. The molecule has 24 heavy (non-hydrogen) atoms. The molecule has 3 aromatic rings. The normalized spacial score (nSPS) is 10.2. The van der Waals surface area contributed by atoms with E-state index in [0.29, 0.717) is 22.6 Å². The van der Waals surface area contributed by atoms with Gasteiger partial charge in [-0.15, -0.1) is 0 Å². The molecule has 3 heterocycles. The lowest BCUT2D eigenvalue weighted by Gasteiger charge is -2.11. The van der Waals surface area contributed by atoms with Crippen molar-refractivity contribution < 1.29 is 14.4 Å². The highest BCUT2D eigenvalue weighted by Crippen LogP contribution is 2.31. The lowest BCUT2D eigenvalue weighted by molar-refractivity contribution is -0.126. The molecule has 0 amide bonds. The topological polar surface area (TPSA) is 89.9 Å². The van der Waals surface area contributed by atoms with Crippen LogP contribution in [0.15, 0.2) is 61.1 Å². The summed E-state index contributed by atoms with van der Waals surface area (Å²) in [5, 5.41) is 0. The average molecular weight is 317 g/mol. The summed E-state index contributed by atoms with van der Waals surface area (Å²) < 4.78 is 0. The van der Waals surface area contributed by atoms with E-state index in [1.807, 2.05) is 0 Å². The van der Waals surface area contributed by atoms with E-state index < -0.39 is 11.6 Å². The zero-order valence-corrected chi connectivity index (χ0v) is 12.4. The van der Waals surface area contributed by atoms with Gasteiger partial charge in [0.2, 0.25) is 5.78 Å². The van der Waals surface area contributed by atoms with Crippen LogP contribution in [0.25, 0.3) is 22.6 Å². The molecule has 0 spiro atoms. The maximum Gasteiger partial charge on any atom is 0.265 e. The highest BCUT2D eigenvalue weighted by molar-refractivity contribution is 6.62. The van der Waals surface area contributed by atoms with Crippen molar-refractivity contribution in [1.29, 1.82) is 0 Å². The quantitative estimate of drug-likeness (QED) is 0.310. The molecule has 0 bridgehead atoms. The Morgan fingerprint density at radius 3 is 2.04 bits per heavy atom. The van der Waals surface area contributed by atoms with E-state index >= 15 is 0 Å². The first kappa shape index (κ1) is 15.4. The fourth-order valence-electron chi connectivity index (χ4n) is 2.30. The fraction of sp³-hybridized carbons (Fsp3) is 0. The monoisotopic (exact) mass is 317 g/mol. The molecule has 6 nitrogen and oxygen atoms in total. The van der Waals surface area contributed by atoms with E-state index in [4.69, 9.17) is 0 Å². The number of aromatic nitrogens is 3. The molecule has 0 aliphatic heterocycles. The Morgan fingerprint density at radius 2 is 1.46 bits per heavy atom. The maximum absolute atomic E-state index is 12.3. The summed E-state index contributed by atoms with van der Waals surface area (Å²) in [7, 11) is 0. The van der Waals surface area contributed by atoms with Crippen molar-refractivity contribution in [2.75, 3.05) is 0 Å². The standard InChI is InChI=1S/C18H11N3O3/c22-11-15(23)18(24)12-7-10-21-17(14-6-2-4-9-20-14)16(12)13-5-1-3-8-19-13/h1-11H. The van der Waals surface area contributed by atoms with Gasteiger partial charge in [0, 0.05) is 29.7 Å². The molecule has 0 aliphatic rings. The Kier molecular flexibility index (Phi) is 4.29. The molecule has 116 valence electrons. The van der Waals surface area contributed by atoms with Crippen LogP contribution in [-0.4, -0.2) is 32.8 Å². The van der Waals surface area contributed by atoms with E-state index in [1.165, 1.54) is 12.3 Å². The summed E-state index contributed by atoms with van der Waals surface area (Å²) in [4.78, 5) is 47.4. The first-order chi connectivity index (χ1) is 11.7. The number of carbonyl (C=O) groups excluding carboxylic acids is 3. The molecule has 0 fully saturated rings. The second-order valence-corrected chi connectivity index (χ2v) is 4.82. The zero-order chi connectivity index (χ0) is 16.9. The number of ketones is 2. The van der Waals surface area contributed by atoms with Crippen LogP contribution in [0, 0.1) is 0 Å². The SMILES string of the molecule is O=CC(=O)C(=O)c1ccnc(-c2ccccn2)c1-c1ccccn1. The first-order valence-corrected chi connectivity index (χ1v) is 7.08. The molecule has 3 rings (SSSR count). The molecule has 6 heteroatoms. The predicted molar refractivity (Wildman–Crippen MR) is 86.1 cm³/mol. The van der Waals surface area contributed by atoms with Crippen molar-refractivity contribution in [3.05, 3.63) is 66.6 Å². The van der Waals surface area contributed by atoms with Gasteiger partial charge in [-0.2, -0.15) is 0 Å². The van der Waals surface area contributed by atoms with Crippen molar-refractivity contribution in [1.82, 2.24) is 15.0 Å². The van der Waals surface area contributed by atoms with Crippen LogP contribution in [0.3, 0.4) is 0 Å². The minimum absolute atomic E-state index is 0.00536. The summed E-state index contributed by atoms with van der Waals surface area (Å²) in [6.07, 6.45) is 4.58. The van der Waals surface area contributed by atoms with Crippen LogP contribution < -0.4 is 0 Å². The van der Waals surface area contributed by atoms with Crippen molar-refractivity contribution >= 4 is 17.9 Å². The van der Waals surface area contributed by atoms with Gasteiger partial charge in [-0.3, -0.25) is 29.3 Å². The van der Waals surface area contributed by atoms with Gasteiger partial charge in [0.05, 0.1) is 17.1 Å². The summed E-state index contributed by atoms with van der Waals surface area (Å²) in [5.74, 6) is -2.02. The smallest absolute Gasteiger partial charge is 0.265 e. The Morgan fingerprint density at radius 1 is 0.792 bits per heavy atom. The van der Waals surface area contributed by atoms with Crippen molar-refractivity contribution in [3.8, 4) is 22.6 Å². The number of hydrogen-bond acceptors (Lipinski definition) is 6. The minimum Gasteiger partial charge on any atom is -0.294 e. The van der Waals surface area contributed by atoms with Gasteiger partial charge >= 0.3 is 0 Å². The van der Waals surface area contributed by atoms with Crippen LogP contribution in [0.2, 0.25) is 0 Å². The van der Waals surface area contributed by atoms with Gasteiger partial charge in [0.25, 0.3) is 5.78 Å². The van der Waals surface area contributed by atoms with E-state index in [2.05, 4.69) is 15.0 Å². The first-order valence-electron chi connectivity index (χ1n) is 7.08. The van der Waals surface area contributed by atoms with E-state index in [1.54, 1.807) is 48.8 Å². The summed E-state index contributed by atoms with van der Waals surface area (Å²) in [5.41, 5.74) is 1.86. The number of pyridine rings is 3. The summed E-state index contributed by atoms with van der Waals surface area (Å²) in [6.45, 7) is 0. The van der Waals surface area contributed by atoms with Crippen molar-refractivity contribution in [3.63, 3.8) is 0 Å². The van der Waals surface area contributed by atoms with E-state index in [9.17, 15) is 14.4 Å². The maximum atomic E-state index is 12.3.